The van der Waals surface area contributed by atoms with Gasteiger partial charge in [0.1, 0.15) is 0 Å². The lowest BCUT2D eigenvalue weighted by Gasteiger charge is -2.31. The molecule has 1 aliphatic rings. The van der Waals surface area contributed by atoms with Crippen LogP contribution in [0.4, 0.5) is 0 Å². The maximum atomic E-state index is 2.47. The minimum atomic E-state index is 0.540. The van der Waals surface area contributed by atoms with E-state index in [1.54, 1.807) is 0 Å². The zero-order valence-electron chi connectivity index (χ0n) is 11.8. The van der Waals surface area contributed by atoms with Crippen LogP contribution >= 0.6 is 0 Å². The van der Waals surface area contributed by atoms with E-state index >= 15 is 0 Å². The number of benzene rings is 1. The molecule has 0 spiro atoms. The normalized spacial score (nSPS) is 21.2. The number of hydrazine groups is 1. The summed E-state index contributed by atoms with van der Waals surface area (Å²) in [6.45, 7) is 3.35. The fourth-order valence-electron chi connectivity index (χ4n) is 2.76. The van der Waals surface area contributed by atoms with Crippen molar-refractivity contribution in [2.24, 2.45) is 0 Å². The Morgan fingerprint density at radius 3 is 2.83 bits per heavy atom. The van der Waals surface area contributed by atoms with Gasteiger partial charge < -0.3 is 0 Å². The number of nitrogens with zero attached hydrogens (tertiary/aromatic N) is 2. The minimum absolute atomic E-state index is 0.540. The maximum Gasteiger partial charge on any atom is 0.0501 e. The first-order chi connectivity index (χ1) is 8.74. The van der Waals surface area contributed by atoms with E-state index in [9.17, 15) is 0 Å². The van der Waals surface area contributed by atoms with Crippen LogP contribution in [0.15, 0.2) is 30.3 Å². The summed E-state index contributed by atoms with van der Waals surface area (Å²) >= 11 is 0. The Morgan fingerprint density at radius 2 is 2.11 bits per heavy atom. The summed E-state index contributed by atoms with van der Waals surface area (Å²) in [7, 11) is 4.28. The molecule has 0 saturated carbocycles. The van der Waals surface area contributed by atoms with Crippen molar-refractivity contribution in [2.45, 2.75) is 32.2 Å². The van der Waals surface area contributed by atoms with Crippen molar-refractivity contribution >= 4 is 6.08 Å². The maximum absolute atomic E-state index is 2.47. The quantitative estimate of drug-likeness (QED) is 0.796. The molecule has 2 heteroatoms. The second-order valence-electron chi connectivity index (χ2n) is 5.11. The Bertz CT molecular complexity index is 409. The molecule has 1 unspecified atom stereocenters. The molecule has 1 atom stereocenters. The smallest absolute Gasteiger partial charge is 0.0501 e. The average Bonchev–Trinajstić information content (AvgIpc) is 2.86. The molecule has 1 aromatic rings. The number of allylic oxidation sites excluding steroid dienone is 1. The van der Waals surface area contributed by atoms with E-state index in [4.69, 9.17) is 0 Å². The molecule has 0 bridgehead atoms. The highest BCUT2D eigenvalue weighted by Crippen LogP contribution is 2.34. The number of hydrogen-bond donors (Lipinski definition) is 0. The summed E-state index contributed by atoms with van der Waals surface area (Å²) in [5.41, 5.74) is 2.84. The monoisotopic (exact) mass is 244 g/mol. The molecule has 2 nitrogen and oxygen atoms in total. The molecule has 1 aromatic carbocycles. The van der Waals surface area contributed by atoms with Gasteiger partial charge in [0.05, 0.1) is 6.04 Å². The fraction of sp³-hybridized carbons (Fsp3) is 0.500. The zero-order valence-corrected chi connectivity index (χ0v) is 11.8. The van der Waals surface area contributed by atoms with Crippen LogP contribution in [-0.4, -0.2) is 30.7 Å². The van der Waals surface area contributed by atoms with E-state index in [-0.39, 0.29) is 0 Å². The molecule has 0 aliphatic carbocycles. The molecule has 0 aromatic heterocycles. The highest BCUT2D eigenvalue weighted by Gasteiger charge is 2.28. The molecule has 18 heavy (non-hydrogen) atoms. The van der Waals surface area contributed by atoms with Crippen LogP contribution in [-0.2, 0) is 0 Å². The molecule has 0 amide bonds. The van der Waals surface area contributed by atoms with E-state index in [0.717, 1.165) is 6.42 Å². The number of hydrogen-bond acceptors (Lipinski definition) is 2. The lowest BCUT2D eigenvalue weighted by molar-refractivity contribution is 0.0111. The van der Waals surface area contributed by atoms with Gasteiger partial charge in [-0.1, -0.05) is 43.3 Å². The van der Waals surface area contributed by atoms with Crippen LogP contribution in [0.1, 0.15) is 43.4 Å². The van der Waals surface area contributed by atoms with Gasteiger partial charge in [0.2, 0.25) is 0 Å². The summed E-state index contributed by atoms with van der Waals surface area (Å²) < 4.78 is 0. The Balaban J connectivity index is 2.29. The van der Waals surface area contributed by atoms with Gasteiger partial charge in [0.25, 0.3) is 0 Å². The third-order valence-electron chi connectivity index (χ3n) is 3.63. The molecule has 1 saturated heterocycles. The van der Waals surface area contributed by atoms with E-state index in [0.29, 0.717) is 6.04 Å². The van der Waals surface area contributed by atoms with Crippen LogP contribution in [0.2, 0.25) is 0 Å². The third-order valence-corrected chi connectivity index (χ3v) is 3.63. The predicted octanol–water partition coefficient (Wildman–Crippen LogP) is 3.72. The lowest BCUT2D eigenvalue weighted by atomic mass is 9.98. The molecule has 1 aliphatic heterocycles. The molecule has 2 rings (SSSR count). The van der Waals surface area contributed by atoms with Crippen LogP contribution in [0.3, 0.4) is 0 Å². The van der Waals surface area contributed by atoms with E-state index in [2.05, 4.69) is 67.5 Å². The van der Waals surface area contributed by atoms with Gasteiger partial charge in [-0.25, -0.2) is 10.0 Å². The molecular formula is C16H24N2. The largest absolute Gasteiger partial charge is 0.247 e. The lowest BCUT2D eigenvalue weighted by Crippen LogP contribution is -2.36. The zero-order chi connectivity index (χ0) is 13.0. The first-order valence-electron chi connectivity index (χ1n) is 6.93. The van der Waals surface area contributed by atoms with Crippen molar-refractivity contribution in [1.29, 1.82) is 0 Å². The highest BCUT2D eigenvalue weighted by atomic mass is 15.6. The molecule has 1 heterocycles. The predicted molar refractivity (Wildman–Crippen MR) is 78.1 cm³/mol. The van der Waals surface area contributed by atoms with Crippen molar-refractivity contribution in [3.63, 3.8) is 0 Å². The Kier molecular flexibility index (Phi) is 4.56. The molecule has 98 valence electrons. The Labute approximate surface area is 111 Å². The Morgan fingerprint density at radius 1 is 1.33 bits per heavy atom. The first-order valence-corrected chi connectivity index (χ1v) is 6.93. The van der Waals surface area contributed by atoms with Crippen molar-refractivity contribution < 1.29 is 0 Å². The third kappa shape index (κ3) is 2.82. The van der Waals surface area contributed by atoms with Crippen LogP contribution in [0.25, 0.3) is 6.08 Å². The van der Waals surface area contributed by atoms with Crippen LogP contribution in [0.5, 0.6) is 0 Å². The van der Waals surface area contributed by atoms with Crippen molar-refractivity contribution in [3.05, 3.63) is 41.5 Å². The summed E-state index contributed by atoms with van der Waals surface area (Å²) in [5.74, 6) is 0. The molecule has 0 N–H and O–H groups in total. The van der Waals surface area contributed by atoms with E-state index < -0.39 is 0 Å². The van der Waals surface area contributed by atoms with Crippen molar-refractivity contribution in [2.75, 3.05) is 20.6 Å². The van der Waals surface area contributed by atoms with Crippen molar-refractivity contribution in [1.82, 2.24) is 10.0 Å². The summed E-state index contributed by atoms with van der Waals surface area (Å²) in [6, 6.07) is 9.34. The Hall–Kier alpha value is -1.12. The van der Waals surface area contributed by atoms with E-state index in [1.165, 1.54) is 30.5 Å². The van der Waals surface area contributed by atoms with Gasteiger partial charge in [-0.05, 0) is 30.4 Å². The van der Waals surface area contributed by atoms with Crippen LogP contribution < -0.4 is 0 Å². The SMILES string of the molecule is CC/C=C/c1ccccc1C1CCCN1N(C)C. The first kappa shape index (κ1) is 13.3. The molecule has 1 fully saturated rings. The van der Waals surface area contributed by atoms with Gasteiger partial charge in [-0.2, -0.15) is 0 Å². The fourth-order valence-corrected chi connectivity index (χ4v) is 2.76. The van der Waals surface area contributed by atoms with Gasteiger partial charge in [-0.3, -0.25) is 0 Å². The second-order valence-corrected chi connectivity index (χ2v) is 5.11. The summed E-state index contributed by atoms with van der Waals surface area (Å²) in [5, 5.41) is 4.70. The highest BCUT2D eigenvalue weighted by molar-refractivity contribution is 5.54. The van der Waals surface area contributed by atoms with Gasteiger partial charge in [0, 0.05) is 20.6 Å². The van der Waals surface area contributed by atoms with Crippen molar-refractivity contribution in [3.8, 4) is 0 Å². The van der Waals surface area contributed by atoms with Gasteiger partial charge >= 0.3 is 0 Å². The summed E-state index contributed by atoms with van der Waals surface area (Å²) in [4.78, 5) is 0. The van der Waals surface area contributed by atoms with E-state index in [1.807, 2.05) is 0 Å². The second kappa shape index (κ2) is 6.17. The summed E-state index contributed by atoms with van der Waals surface area (Å²) in [6.07, 6.45) is 8.15. The average molecular weight is 244 g/mol. The number of rotatable bonds is 4. The van der Waals surface area contributed by atoms with Gasteiger partial charge in [-0.15, -0.1) is 0 Å². The van der Waals surface area contributed by atoms with Crippen LogP contribution in [0, 0.1) is 0 Å². The van der Waals surface area contributed by atoms with Gasteiger partial charge in [0.15, 0.2) is 0 Å². The molecule has 0 radical (unpaired) electrons. The standard InChI is InChI=1S/C16H24N2/c1-4-5-9-14-10-6-7-11-15(14)16-12-8-13-18(16)17(2)3/h5-7,9-11,16H,4,8,12-13H2,1-3H3/b9-5+. The topological polar surface area (TPSA) is 6.48 Å². The molecular weight excluding hydrogens is 220 g/mol. The minimum Gasteiger partial charge on any atom is -0.247 e.